The highest BCUT2D eigenvalue weighted by Crippen LogP contribution is 2.55. The topological polar surface area (TPSA) is 96.5 Å². The Balaban J connectivity index is 1.25. The van der Waals surface area contributed by atoms with E-state index in [0.29, 0.717) is 5.02 Å². The van der Waals surface area contributed by atoms with Gasteiger partial charge in [-0.2, -0.15) is 0 Å². The summed E-state index contributed by atoms with van der Waals surface area (Å²) in [5.41, 5.74) is 0.710. The van der Waals surface area contributed by atoms with Crippen LogP contribution in [0.4, 0.5) is 4.79 Å². The summed E-state index contributed by atoms with van der Waals surface area (Å²) >= 11 is 5.94. The van der Waals surface area contributed by atoms with E-state index in [4.69, 9.17) is 16.3 Å². The van der Waals surface area contributed by atoms with Crippen molar-refractivity contribution in [1.82, 2.24) is 16.0 Å². The third-order valence-corrected chi connectivity index (χ3v) is 7.51. The Morgan fingerprint density at radius 2 is 1.66 bits per heavy atom. The van der Waals surface area contributed by atoms with Crippen LogP contribution < -0.4 is 16.0 Å². The molecule has 0 spiro atoms. The maximum absolute atomic E-state index is 12.5. The minimum atomic E-state index is -0.520. The van der Waals surface area contributed by atoms with E-state index in [1.165, 1.54) is 26.4 Å². The van der Waals surface area contributed by atoms with Crippen molar-refractivity contribution in [3.63, 3.8) is 0 Å². The first-order chi connectivity index (χ1) is 15.3. The SMILES string of the molecule is COC(=O)CC(NC(=O)CCNC(=O)NC12CC3CC(CC(C3)C1)C2)c1ccc(Cl)cc1. The zero-order valence-corrected chi connectivity index (χ0v) is 19.2. The smallest absolute Gasteiger partial charge is 0.315 e. The standard InChI is InChI=1S/C24H32ClN3O4/c1-32-22(30)11-20(18-2-4-19(25)5-3-18)27-21(29)6-7-26-23(31)28-24-12-15-8-16(13-24)10-17(9-15)14-24/h2-5,15-17,20H,6-14H2,1H3,(H,27,29)(H2,26,28,31). The van der Waals surface area contributed by atoms with Crippen LogP contribution in [0.25, 0.3) is 0 Å². The Kier molecular flexibility index (Phi) is 6.93. The van der Waals surface area contributed by atoms with Crippen molar-refractivity contribution in [3.8, 4) is 0 Å². The van der Waals surface area contributed by atoms with Crippen LogP contribution in [0, 0.1) is 17.8 Å². The lowest BCUT2D eigenvalue weighted by Gasteiger charge is -2.56. The number of esters is 1. The van der Waals surface area contributed by atoms with Gasteiger partial charge in [0.2, 0.25) is 5.91 Å². The molecular weight excluding hydrogens is 430 g/mol. The molecule has 0 radical (unpaired) electrons. The zero-order chi connectivity index (χ0) is 22.7. The number of halogens is 1. The summed E-state index contributed by atoms with van der Waals surface area (Å²) in [4.78, 5) is 36.8. The number of amides is 3. The summed E-state index contributed by atoms with van der Waals surface area (Å²) in [5.74, 6) is 1.60. The third-order valence-electron chi connectivity index (χ3n) is 7.26. The van der Waals surface area contributed by atoms with Gasteiger partial charge in [0, 0.05) is 23.5 Å². The molecule has 7 nitrogen and oxygen atoms in total. The first kappa shape index (κ1) is 22.9. The fourth-order valence-electron chi connectivity index (χ4n) is 6.30. The molecule has 4 aliphatic rings. The molecule has 3 amide bonds. The summed E-state index contributed by atoms with van der Waals surface area (Å²) in [7, 11) is 1.31. The van der Waals surface area contributed by atoms with Crippen LogP contribution in [-0.2, 0) is 14.3 Å². The molecule has 4 fully saturated rings. The van der Waals surface area contributed by atoms with Crippen molar-refractivity contribution in [2.24, 2.45) is 17.8 Å². The second-order valence-electron chi connectivity index (χ2n) is 9.78. The molecule has 4 bridgehead atoms. The molecule has 1 aromatic rings. The van der Waals surface area contributed by atoms with Crippen LogP contribution in [0.1, 0.15) is 63.0 Å². The van der Waals surface area contributed by atoms with E-state index in [9.17, 15) is 14.4 Å². The molecule has 174 valence electrons. The van der Waals surface area contributed by atoms with Gasteiger partial charge in [-0.1, -0.05) is 23.7 Å². The molecule has 5 rings (SSSR count). The van der Waals surface area contributed by atoms with E-state index in [2.05, 4.69) is 16.0 Å². The van der Waals surface area contributed by atoms with E-state index < -0.39 is 12.0 Å². The summed E-state index contributed by atoms with van der Waals surface area (Å²) in [6.07, 6.45) is 7.37. The van der Waals surface area contributed by atoms with E-state index in [0.717, 1.165) is 42.6 Å². The van der Waals surface area contributed by atoms with E-state index in [1.807, 2.05) is 0 Å². The van der Waals surface area contributed by atoms with Crippen LogP contribution in [0.2, 0.25) is 5.02 Å². The second-order valence-corrected chi connectivity index (χ2v) is 10.2. The summed E-state index contributed by atoms with van der Waals surface area (Å²) in [5, 5.41) is 9.53. The lowest BCUT2D eigenvalue weighted by molar-refractivity contribution is -0.141. The number of carbonyl (C=O) groups excluding carboxylic acids is 3. The van der Waals surface area contributed by atoms with Gasteiger partial charge in [-0.15, -0.1) is 0 Å². The highest BCUT2D eigenvalue weighted by atomic mass is 35.5. The molecule has 0 saturated heterocycles. The summed E-state index contributed by atoms with van der Waals surface area (Å²) < 4.78 is 4.75. The molecular formula is C24H32ClN3O4. The van der Waals surface area contributed by atoms with Crippen LogP contribution in [0.3, 0.4) is 0 Å². The van der Waals surface area contributed by atoms with Crippen LogP contribution >= 0.6 is 11.6 Å². The highest BCUT2D eigenvalue weighted by Gasteiger charge is 2.51. The van der Waals surface area contributed by atoms with Gasteiger partial charge in [0.25, 0.3) is 0 Å². The van der Waals surface area contributed by atoms with Crippen LogP contribution in [0.5, 0.6) is 0 Å². The van der Waals surface area contributed by atoms with Crippen molar-refractivity contribution in [1.29, 1.82) is 0 Å². The van der Waals surface area contributed by atoms with E-state index in [-0.39, 0.29) is 36.9 Å². The second kappa shape index (κ2) is 9.69. The predicted octanol–water partition coefficient (Wildman–Crippen LogP) is 3.72. The predicted molar refractivity (Wildman–Crippen MR) is 121 cm³/mol. The first-order valence-corrected chi connectivity index (χ1v) is 11.9. The molecule has 0 aromatic heterocycles. The molecule has 1 unspecified atom stereocenters. The monoisotopic (exact) mass is 461 g/mol. The van der Waals surface area contributed by atoms with Crippen molar-refractivity contribution in [2.45, 2.75) is 62.9 Å². The number of carbonyl (C=O) groups is 3. The lowest BCUT2D eigenvalue weighted by atomic mass is 9.53. The lowest BCUT2D eigenvalue weighted by Crippen LogP contribution is -2.61. The number of ether oxygens (including phenoxy) is 1. The van der Waals surface area contributed by atoms with Crippen molar-refractivity contribution in [2.75, 3.05) is 13.7 Å². The Hall–Kier alpha value is -2.28. The Labute approximate surface area is 194 Å². The van der Waals surface area contributed by atoms with E-state index >= 15 is 0 Å². The molecule has 32 heavy (non-hydrogen) atoms. The number of hydrogen-bond donors (Lipinski definition) is 3. The maximum Gasteiger partial charge on any atom is 0.315 e. The normalized spacial score (nSPS) is 28.6. The Morgan fingerprint density at radius 1 is 1.06 bits per heavy atom. The van der Waals surface area contributed by atoms with Crippen molar-refractivity contribution in [3.05, 3.63) is 34.9 Å². The quantitative estimate of drug-likeness (QED) is 0.514. The van der Waals surface area contributed by atoms with Crippen LogP contribution in [0.15, 0.2) is 24.3 Å². The van der Waals surface area contributed by atoms with Gasteiger partial charge in [0.1, 0.15) is 0 Å². The maximum atomic E-state index is 12.5. The number of benzene rings is 1. The summed E-state index contributed by atoms with van der Waals surface area (Å²) in [6.45, 7) is 0.232. The summed E-state index contributed by atoms with van der Waals surface area (Å²) in [6, 6.07) is 6.25. The number of nitrogens with one attached hydrogen (secondary N) is 3. The average molecular weight is 462 g/mol. The van der Waals surface area contributed by atoms with Gasteiger partial charge in [-0.05, 0) is 74.0 Å². The van der Waals surface area contributed by atoms with Gasteiger partial charge in [0.05, 0.1) is 19.6 Å². The minimum Gasteiger partial charge on any atom is -0.469 e. The average Bonchev–Trinajstić information content (AvgIpc) is 2.72. The van der Waals surface area contributed by atoms with Gasteiger partial charge < -0.3 is 20.7 Å². The molecule has 3 N–H and O–H groups in total. The van der Waals surface area contributed by atoms with Gasteiger partial charge in [-0.3, -0.25) is 9.59 Å². The van der Waals surface area contributed by atoms with Crippen molar-refractivity contribution < 1.29 is 19.1 Å². The van der Waals surface area contributed by atoms with Crippen LogP contribution in [-0.4, -0.2) is 37.1 Å². The van der Waals surface area contributed by atoms with Gasteiger partial charge in [-0.25, -0.2) is 4.79 Å². The number of methoxy groups -OCH3 is 1. The number of urea groups is 1. The molecule has 8 heteroatoms. The Bertz CT molecular complexity index is 822. The largest absolute Gasteiger partial charge is 0.469 e. The molecule has 0 aliphatic heterocycles. The zero-order valence-electron chi connectivity index (χ0n) is 18.5. The minimum absolute atomic E-state index is 0.0177. The first-order valence-electron chi connectivity index (χ1n) is 11.5. The third kappa shape index (κ3) is 5.55. The molecule has 1 aromatic carbocycles. The Morgan fingerprint density at radius 3 is 2.22 bits per heavy atom. The highest BCUT2D eigenvalue weighted by molar-refractivity contribution is 6.30. The fourth-order valence-corrected chi connectivity index (χ4v) is 6.43. The fraction of sp³-hybridized carbons (Fsp3) is 0.625. The number of rotatable bonds is 8. The molecule has 0 heterocycles. The molecule has 1 atom stereocenters. The number of hydrogen-bond acceptors (Lipinski definition) is 4. The van der Waals surface area contributed by atoms with E-state index in [1.54, 1.807) is 24.3 Å². The van der Waals surface area contributed by atoms with Crippen molar-refractivity contribution >= 4 is 29.5 Å². The molecule has 4 aliphatic carbocycles. The van der Waals surface area contributed by atoms with Gasteiger partial charge in [0.15, 0.2) is 0 Å². The molecule has 4 saturated carbocycles. The van der Waals surface area contributed by atoms with Gasteiger partial charge >= 0.3 is 12.0 Å².